The summed E-state index contributed by atoms with van der Waals surface area (Å²) in [5.41, 5.74) is 0.582. The van der Waals surface area contributed by atoms with Crippen LogP contribution >= 0.6 is 11.3 Å². The molecular weight excluding hydrogens is 274 g/mol. The van der Waals surface area contributed by atoms with Gasteiger partial charge in [0.25, 0.3) is 0 Å². The minimum atomic E-state index is -0.0832. The summed E-state index contributed by atoms with van der Waals surface area (Å²) in [5, 5.41) is 20.9. The van der Waals surface area contributed by atoms with E-state index < -0.39 is 0 Å². The number of carbonyl (C=O) groups excluding carboxylic acids is 1. The third-order valence-corrected chi connectivity index (χ3v) is 5.14. The molecule has 2 atom stereocenters. The van der Waals surface area contributed by atoms with E-state index in [0.29, 0.717) is 18.0 Å². The largest absolute Gasteiger partial charge is 0.396 e. The van der Waals surface area contributed by atoms with Crippen LogP contribution in [0.3, 0.4) is 0 Å². The highest BCUT2D eigenvalue weighted by Gasteiger charge is 2.40. The van der Waals surface area contributed by atoms with E-state index in [1.54, 1.807) is 11.0 Å². The molecule has 20 heavy (non-hydrogen) atoms. The summed E-state index contributed by atoms with van der Waals surface area (Å²) in [6, 6.07) is 3.82. The number of aliphatic hydroxyl groups is 1. The number of thiophene rings is 1. The van der Waals surface area contributed by atoms with Crippen molar-refractivity contribution < 1.29 is 9.90 Å². The van der Waals surface area contributed by atoms with Crippen molar-refractivity contribution in [3.63, 3.8) is 0 Å². The third-order valence-electron chi connectivity index (χ3n) is 4.20. The Morgan fingerprint density at radius 1 is 1.45 bits per heavy atom. The Bertz CT molecular complexity index is 551. The lowest BCUT2D eigenvalue weighted by molar-refractivity contribution is -0.121. The van der Waals surface area contributed by atoms with Gasteiger partial charge >= 0.3 is 0 Å². The normalized spacial score (nSPS) is 27.2. The number of hydrogen-bond donors (Lipinski definition) is 1. The van der Waals surface area contributed by atoms with E-state index in [-0.39, 0.29) is 18.6 Å². The van der Waals surface area contributed by atoms with Crippen molar-refractivity contribution in [2.45, 2.75) is 18.9 Å². The molecule has 0 aromatic carbocycles. The molecule has 5 nitrogen and oxygen atoms in total. The fourth-order valence-corrected chi connectivity index (χ4v) is 3.98. The van der Waals surface area contributed by atoms with Crippen molar-refractivity contribution in [3.05, 3.63) is 17.0 Å². The van der Waals surface area contributed by atoms with Crippen LogP contribution in [0.5, 0.6) is 0 Å². The zero-order valence-corrected chi connectivity index (χ0v) is 12.0. The van der Waals surface area contributed by atoms with Crippen molar-refractivity contribution in [1.29, 1.82) is 5.26 Å². The molecule has 1 aromatic rings. The Balaban J connectivity index is 1.73. The van der Waals surface area contributed by atoms with Crippen LogP contribution < -0.4 is 4.90 Å². The number of rotatable bonds is 3. The van der Waals surface area contributed by atoms with Crippen LogP contribution in [0.25, 0.3) is 0 Å². The third kappa shape index (κ3) is 2.22. The number of likely N-dealkylation sites (tertiary alicyclic amines) is 1. The van der Waals surface area contributed by atoms with Crippen LogP contribution in [0, 0.1) is 17.2 Å². The van der Waals surface area contributed by atoms with Gasteiger partial charge in [0.2, 0.25) is 5.91 Å². The number of carbonyl (C=O) groups is 1. The molecule has 1 aromatic heterocycles. The van der Waals surface area contributed by atoms with Gasteiger partial charge in [-0.25, -0.2) is 0 Å². The SMILES string of the molecule is N#Cc1ccsc1N1CC[C@H](N2CC[C@@H](CO)C2)C1=O. The van der Waals surface area contributed by atoms with E-state index in [0.717, 1.165) is 30.9 Å². The fraction of sp³-hybridized carbons (Fsp3) is 0.571. The van der Waals surface area contributed by atoms with Crippen molar-refractivity contribution in [2.24, 2.45) is 5.92 Å². The van der Waals surface area contributed by atoms with Gasteiger partial charge in [0, 0.05) is 19.7 Å². The predicted octanol–water partition coefficient (Wildman–Crippen LogP) is 1.04. The van der Waals surface area contributed by atoms with E-state index >= 15 is 0 Å². The predicted molar refractivity (Wildman–Crippen MR) is 76.6 cm³/mol. The molecule has 0 spiro atoms. The Hall–Kier alpha value is -1.42. The molecule has 2 fully saturated rings. The highest BCUT2D eigenvalue weighted by atomic mass is 32.1. The standard InChI is InChI=1S/C14H17N3O2S/c15-7-11-3-6-20-14(11)17-5-2-12(13(17)19)16-4-1-10(8-16)9-18/h3,6,10,12,18H,1-2,4-5,8-9H2/t10-,12+/m1/s1. The maximum absolute atomic E-state index is 12.6. The molecule has 0 saturated carbocycles. The first-order chi connectivity index (χ1) is 9.74. The molecule has 2 aliphatic rings. The fourth-order valence-electron chi connectivity index (χ4n) is 3.10. The summed E-state index contributed by atoms with van der Waals surface area (Å²) < 4.78 is 0. The highest BCUT2D eigenvalue weighted by Crippen LogP contribution is 2.33. The summed E-state index contributed by atoms with van der Waals surface area (Å²) in [4.78, 5) is 16.5. The topological polar surface area (TPSA) is 67.6 Å². The van der Waals surface area contributed by atoms with Crippen LogP contribution in [0.4, 0.5) is 5.00 Å². The maximum atomic E-state index is 12.6. The van der Waals surface area contributed by atoms with Crippen LogP contribution in [0.15, 0.2) is 11.4 Å². The van der Waals surface area contributed by atoms with Crippen LogP contribution in [-0.2, 0) is 4.79 Å². The second-order valence-electron chi connectivity index (χ2n) is 5.38. The summed E-state index contributed by atoms with van der Waals surface area (Å²) >= 11 is 1.45. The monoisotopic (exact) mass is 291 g/mol. The Morgan fingerprint density at radius 2 is 2.30 bits per heavy atom. The Kier molecular flexibility index (Phi) is 3.74. The molecule has 6 heteroatoms. The summed E-state index contributed by atoms with van der Waals surface area (Å²) in [6.45, 7) is 2.56. The van der Waals surface area contributed by atoms with Gasteiger partial charge in [0.05, 0.1) is 11.6 Å². The molecule has 3 heterocycles. The smallest absolute Gasteiger partial charge is 0.245 e. The summed E-state index contributed by atoms with van der Waals surface area (Å²) in [6.07, 6.45) is 1.77. The van der Waals surface area contributed by atoms with E-state index in [1.807, 2.05) is 5.38 Å². The zero-order chi connectivity index (χ0) is 14.1. The average molecular weight is 291 g/mol. The van der Waals surface area contributed by atoms with Gasteiger partial charge < -0.3 is 10.0 Å². The van der Waals surface area contributed by atoms with Gasteiger partial charge in [-0.2, -0.15) is 5.26 Å². The molecule has 3 rings (SSSR count). The zero-order valence-electron chi connectivity index (χ0n) is 11.2. The lowest BCUT2D eigenvalue weighted by Crippen LogP contribution is -2.40. The first kappa shape index (κ1) is 13.6. The van der Waals surface area contributed by atoms with Crippen LogP contribution in [0.2, 0.25) is 0 Å². The minimum absolute atomic E-state index is 0.0832. The molecule has 1 N–H and O–H groups in total. The Morgan fingerprint density at radius 3 is 3.00 bits per heavy atom. The van der Waals surface area contributed by atoms with Crippen molar-refractivity contribution in [1.82, 2.24) is 4.90 Å². The molecule has 2 saturated heterocycles. The molecule has 1 amide bonds. The first-order valence-corrected chi connectivity index (χ1v) is 7.76. The molecule has 0 bridgehead atoms. The van der Waals surface area contributed by atoms with Crippen molar-refractivity contribution in [2.75, 3.05) is 31.1 Å². The van der Waals surface area contributed by atoms with E-state index in [1.165, 1.54) is 11.3 Å². The number of amides is 1. The molecule has 106 valence electrons. The first-order valence-electron chi connectivity index (χ1n) is 6.88. The van der Waals surface area contributed by atoms with Gasteiger partial charge in [-0.05, 0) is 36.8 Å². The Labute approximate surface area is 122 Å². The molecular formula is C14H17N3O2S. The summed E-state index contributed by atoms with van der Waals surface area (Å²) in [5.74, 6) is 0.399. The number of aliphatic hydroxyl groups excluding tert-OH is 1. The molecule has 0 unspecified atom stereocenters. The number of anilines is 1. The van der Waals surface area contributed by atoms with Gasteiger partial charge in [0.1, 0.15) is 11.1 Å². The summed E-state index contributed by atoms with van der Waals surface area (Å²) in [7, 11) is 0. The molecule has 0 aliphatic carbocycles. The number of hydrogen-bond acceptors (Lipinski definition) is 5. The van der Waals surface area contributed by atoms with E-state index in [4.69, 9.17) is 5.26 Å². The van der Waals surface area contributed by atoms with Crippen molar-refractivity contribution >= 4 is 22.2 Å². The van der Waals surface area contributed by atoms with Gasteiger partial charge in [-0.1, -0.05) is 0 Å². The highest BCUT2D eigenvalue weighted by molar-refractivity contribution is 7.14. The van der Waals surface area contributed by atoms with Gasteiger partial charge in [-0.15, -0.1) is 11.3 Å². The second kappa shape index (κ2) is 5.52. The van der Waals surface area contributed by atoms with Crippen molar-refractivity contribution in [3.8, 4) is 6.07 Å². The second-order valence-corrected chi connectivity index (χ2v) is 6.27. The number of nitrogens with zero attached hydrogens (tertiary/aromatic N) is 3. The lowest BCUT2D eigenvalue weighted by Gasteiger charge is -2.22. The molecule has 0 radical (unpaired) electrons. The van der Waals surface area contributed by atoms with Crippen LogP contribution in [0.1, 0.15) is 18.4 Å². The lowest BCUT2D eigenvalue weighted by atomic mass is 10.1. The van der Waals surface area contributed by atoms with Crippen LogP contribution in [-0.4, -0.2) is 48.2 Å². The number of nitriles is 1. The maximum Gasteiger partial charge on any atom is 0.245 e. The molecule has 2 aliphatic heterocycles. The van der Waals surface area contributed by atoms with Gasteiger partial charge in [-0.3, -0.25) is 9.69 Å². The average Bonchev–Trinajstić information content (AvgIpc) is 3.16. The minimum Gasteiger partial charge on any atom is -0.396 e. The van der Waals surface area contributed by atoms with Gasteiger partial charge in [0.15, 0.2) is 0 Å². The van der Waals surface area contributed by atoms with E-state index in [9.17, 15) is 9.90 Å². The van der Waals surface area contributed by atoms with E-state index in [2.05, 4.69) is 11.0 Å². The quantitative estimate of drug-likeness (QED) is 0.903.